The monoisotopic (exact) mass is 265 g/mol. The number of carbonyl (C=O) groups is 1. The molecule has 1 N–H and O–H groups in total. The molecule has 0 spiro atoms. The molecule has 0 aliphatic carbocycles. The van der Waals surface area contributed by atoms with Gasteiger partial charge in [0.25, 0.3) is 0 Å². The maximum absolute atomic E-state index is 11.3. The van der Waals surface area contributed by atoms with Crippen LogP contribution in [0.2, 0.25) is 0 Å². The van der Waals surface area contributed by atoms with Gasteiger partial charge in [-0.25, -0.2) is 0 Å². The molecule has 78 valence electrons. The van der Waals surface area contributed by atoms with Crippen LogP contribution in [0.3, 0.4) is 0 Å². The lowest BCUT2D eigenvalue weighted by molar-refractivity contribution is -0.111. The molecule has 2 nitrogen and oxygen atoms in total. The summed E-state index contributed by atoms with van der Waals surface area (Å²) in [5.74, 6) is -0.129. The standard InChI is InChI=1S/C12H12BrNO/c1-2-3-4-5-12(15)14-11-8-6-10(13)7-9-11/h2-9H,1H3,(H,14,15)/b3-2+,5-4+. The first kappa shape index (κ1) is 11.7. The highest BCUT2D eigenvalue weighted by atomic mass is 79.9. The van der Waals surface area contributed by atoms with Crippen molar-refractivity contribution < 1.29 is 4.79 Å². The number of halogens is 1. The fourth-order valence-corrected chi connectivity index (χ4v) is 1.24. The summed E-state index contributed by atoms with van der Waals surface area (Å²) in [7, 11) is 0. The molecule has 1 aromatic carbocycles. The molecule has 0 saturated carbocycles. The van der Waals surface area contributed by atoms with Crippen molar-refractivity contribution in [3.8, 4) is 0 Å². The Bertz CT molecular complexity index is 379. The first-order valence-corrected chi connectivity index (χ1v) is 5.37. The van der Waals surface area contributed by atoms with Gasteiger partial charge in [0.2, 0.25) is 5.91 Å². The number of nitrogens with one attached hydrogen (secondary N) is 1. The molecule has 0 bridgehead atoms. The van der Waals surface area contributed by atoms with Gasteiger partial charge in [0.05, 0.1) is 0 Å². The molecule has 0 aliphatic rings. The Labute approximate surface area is 97.8 Å². The van der Waals surface area contributed by atoms with Gasteiger partial charge in [0.1, 0.15) is 0 Å². The molecule has 0 atom stereocenters. The van der Waals surface area contributed by atoms with Crippen LogP contribution in [0.5, 0.6) is 0 Å². The minimum atomic E-state index is -0.129. The van der Waals surface area contributed by atoms with E-state index in [9.17, 15) is 4.79 Å². The van der Waals surface area contributed by atoms with E-state index >= 15 is 0 Å². The summed E-state index contributed by atoms with van der Waals surface area (Å²) < 4.78 is 0.991. The molecule has 1 aromatic rings. The van der Waals surface area contributed by atoms with Gasteiger partial charge in [0, 0.05) is 16.2 Å². The van der Waals surface area contributed by atoms with E-state index in [0.29, 0.717) is 0 Å². The molecule has 15 heavy (non-hydrogen) atoms. The van der Waals surface area contributed by atoms with Crippen molar-refractivity contribution in [1.29, 1.82) is 0 Å². The van der Waals surface area contributed by atoms with Gasteiger partial charge in [-0.3, -0.25) is 4.79 Å². The Hall–Kier alpha value is -1.35. The van der Waals surface area contributed by atoms with Crippen LogP contribution in [0.4, 0.5) is 5.69 Å². The third kappa shape index (κ3) is 4.61. The SMILES string of the molecule is C/C=C/C=C/C(=O)Nc1ccc(Br)cc1. The van der Waals surface area contributed by atoms with Gasteiger partial charge in [0.15, 0.2) is 0 Å². The Morgan fingerprint density at radius 1 is 1.27 bits per heavy atom. The summed E-state index contributed by atoms with van der Waals surface area (Å²) in [4.78, 5) is 11.3. The van der Waals surface area contributed by atoms with Gasteiger partial charge in [-0.05, 0) is 31.2 Å². The van der Waals surface area contributed by atoms with Crippen LogP contribution in [0.25, 0.3) is 0 Å². The Morgan fingerprint density at radius 3 is 2.53 bits per heavy atom. The lowest BCUT2D eigenvalue weighted by Gasteiger charge is -2.00. The third-order valence-corrected chi connectivity index (χ3v) is 2.19. The fraction of sp³-hybridized carbons (Fsp3) is 0.0833. The molecule has 0 saturated heterocycles. The van der Waals surface area contributed by atoms with E-state index in [-0.39, 0.29) is 5.91 Å². The van der Waals surface area contributed by atoms with Crippen molar-refractivity contribution in [2.75, 3.05) is 5.32 Å². The van der Waals surface area contributed by atoms with E-state index in [1.807, 2.05) is 37.3 Å². The Morgan fingerprint density at radius 2 is 1.93 bits per heavy atom. The van der Waals surface area contributed by atoms with E-state index in [1.54, 1.807) is 12.2 Å². The van der Waals surface area contributed by atoms with Crippen LogP contribution in [0.1, 0.15) is 6.92 Å². The van der Waals surface area contributed by atoms with Crippen LogP contribution < -0.4 is 5.32 Å². The summed E-state index contributed by atoms with van der Waals surface area (Å²) in [5, 5.41) is 2.75. The van der Waals surface area contributed by atoms with E-state index in [4.69, 9.17) is 0 Å². The van der Waals surface area contributed by atoms with Crippen LogP contribution >= 0.6 is 15.9 Å². The van der Waals surface area contributed by atoms with Crippen molar-refractivity contribution in [3.63, 3.8) is 0 Å². The number of hydrogen-bond acceptors (Lipinski definition) is 1. The molecule has 0 aromatic heterocycles. The van der Waals surface area contributed by atoms with Crippen LogP contribution in [-0.4, -0.2) is 5.91 Å². The smallest absolute Gasteiger partial charge is 0.248 e. The zero-order valence-electron chi connectivity index (χ0n) is 8.41. The second-order valence-corrected chi connectivity index (χ2v) is 3.80. The maximum atomic E-state index is 11.3. The molecular formula is C12H12BrNO. The Balaban J connectivity index is 2.55. The Kier molecular flexibility index (Phi) is 4.84. The summed E-state index contributed by atoms with van der Waals surface area (Å²) in [6.07, 6.45) is 6.86. The summed E-state index contributed by atoms with van der Waals surface area (Å²) in [6, 6.07) is 7.44. The molecule has 0 radical (unpaired) electrons. The molecule has 1 rings (SSSR count). The molecule has 0 aliphatic heterocycles. The highest BCUT2D eigenvalue weighted by Crippen LogP contribution is 2.13. The van der Waals surface area contributed by atoms with Crippen molar-refractivity contribution in [1.82, 2.24) is 0 Å². The summed E-state index contributed by atoms with van der Waals surface area (Å²) in [6.45, 7) is 1.90. The van der Waals surface area contributed by atoms with Crippen molar-refractivity contribution in [2.24, 2.45) is 0 Å². The van der Waals surface area contributed by atoms with Gasteiger partial charge in [-0.2, -0.15) is 0 Å². The number of allylic oxidation sites excluding steroid dienone is 3. The fourth-order valence-electron chi connectivity index (χ4n) is 0.971. The van der Waals surface area contributed by atoms with Gasteiger partial charge in [-0.1, -0.05) is 34.2 Å². The van der Waals surface area contributed by atoms with Crippen LogP contribution in [0.15, 0.2) is 53.0 Å². The number of rotatable bonds is 3. The van der Waals surface area contributed by atoms with E-state index in [0.717, 1.165) is 10.2 Å². The maximum Gasteiger partial charge on any atom is 0.248 e. The zero-order chi connectivity index (χ0) is 11.1. The molecular weight excluding hydrogens is 254 g/mol. The van der Waals surface area contributed by atoms with Gasteiger partial charge in [-0.15, -0.1) is 0 Å². The largest absolute Gasteiger partial charge is 0.323 e. The number of anilines is 1. The molecule has 0 heterocycles. The lowest BCUT2D eigenvalue weighted by Crippen LogP contribution is -2.07. The summed E-state index contributed by atoms with van der Waals surface area (Å²) in [5.41, 5.74) is 0.785. The van der Waals surface area contributed by atoms with E-state index < -0.39 is 0 Å². The predicted octanol–water partition coefficient (Wildman–Crippen LogP) is 3.52. The third-order valence-electron chi connectivity index (χ3n) is 1.66. The number of hydrogen-bond donors (Lipinski definition) is 1. The predicted molar refractivity (Wildman–Crippen MR) is 66.7 cm³/mol. The first-order chi connectivity index (χ1) is 7.22. The minimum Gasteiger partial charge on any atom is -0.323 e. The zero-order valence-corrected chi connectivity index (χ0v) is 9.99. The van der Waals surface area contributed by atoms with Crippen molar-refractivity contribution in [3.05, 3.63) is 53.0 Å². The average Bonchev–Trinajstić information content (AvgIpc) is 2.22. The second-order valence-electron chi connectivity index (χ2n) is 2.88. The molecule has 0 unspecified atom stereocenters. The van der Waals surface area contributed by atoms with Crippen LogP contribution in [0, 0.1) is 0 Å². The lowest BCUT2D eigenvalue weighted by atomic mass is 10.3. The van der Waals surface area contributed by atoms with Crippen molar-refractivity contribution >= 4 is 27.5 Å². The molecule has 0 fully saturated rings. The number of benzene rings is 1. The molecule has 3 heteroatoms. The average molecular weight is 266 g/mol. The highest BCUT2D eigenvalue weighted by molar-refractivity contribution is 9.10. The number of carbonyl (C=O) groups excluding carboxylic acids is 1. The van der Waals surface area contributed by atoms with Crippen LogP contribution in [-0.2, 0) is 4.79 Å². The number of amides is 1. The van der Waals surface area contributed by atoms with E-state index in [2.05, 4.69) is 21.2 Å². The summed E-state index contributed by atoms with van der Waals surface area (Å²) >= 11 is 3.33. The first-order valence-electron chi connectivity index (χ1n) is 4.58. The van der Waals surface area contributed by atoms with E-state index in [1.165, 1.54) is 6.08 Å². The molecule has 1 amide bonds. The second kappa shape index (κ2) is 6.19. The minimum absolute atomic E-state index is 0.129. The topological polar surface area (TPSA) is 29.1 Å². The highest BCUT2D eigenvalue weighted by Gasteiger charge is 1.95. The quantitative estimate of drug-likeness (QED) is 0.658. The van der Waals surface area contributed by atoms with Gasteiger partial charge >= 0.3 is 0 Å². The van der Waals surface area contributed by atoms with Gasteiger partial charge < -0.3 is 5.32 Å². The van der Waals surface area contributed by atoms with Crippen molar-refractivity contribution in [2.45, 2.75) is 6.92 Å². The normalized spacial score (nSPS) is 11.1.